The fraction of sp³-hybridized carbons (Fsp3) is 0.286. The van der Waals surface area contributed by atoms with Gasteiger partial charge in [0.2, 0.25) is 0 Å². The lowest BCUT2D eigenvalue weighted by Crippen LogP contribution is -2.20. The molecule has 0 fully saturated rings. The first kappa shape index (κ1) is 19.0. The fourth-order valence-corrected chi connectivity index (χ4v) is 3.72. The zero-order chi connectivity index (χ0) is 19.1. The number of aromatic nitrogens is 1. The Morgan fingerprint density at radius 1 is 1.11 bits per heavy atom. The van der Waals surface area contributed by atoms with Gasteiger partial charge in [-0.1, -0.05) is 24.3 Å². The largest absolute Gasteiger partial charge is 0.456 e. The van der Waals surface area contributed by atoms with Crippen molar-refractivity contribution in [3.05, 3.63) is 59.1 Å². The van der Waals surface area contributed by atoms with E-state index in [0.29, 0.717) is 18.5 Å². The second-order valence-corrected chi connectivity index (χ2v) is 7.48. The van der Waals surface area contributed by atoms with E-state index in [-0.39, 0.29) is 18.5 Å². The molecule has 0 saturated carbocycles. The van der Waals surface area contributed by atoms with Crippen LogP contribution in [0.4, 0.5) is 5.69 Å². The Morgan fingerprint density at radius 2 is 1.96 bits per heavy atom. The van der Waals surface area contributed by atoms with Gasteiger partial charge in [0.15, 0.2) is 6.61 Å². The van der Waals surface area contributed by atoms with Crippen molar-refractivity contribution in [3.8, 4) is 0 Å². The predicted octanol–water partition coefficient (Wildman–Crippen LogP) is 4.50. The van der Waals surface area contributed by atoms with E-state index in [1.54, 1.807) is 17.4 Å². The first-order chi connectivity index (χ1) is 13.1. The van der Waals surface area contributed by atoms with Crippen LogP contribution in [0.2, 0.25) is 0 Å². The number of hydrogen-bond donors (Lipinski definition) is 1. The number of esters is 1. The molecule has 5 nitrogen and oxygen atoms in total. The Bertz CT molecular complexity index is 903. The van der Waals surface area contributed by atoms with Gasteiger partial charge in [0.05, 0.1) is 15.2 Å². The molecule has 2 aromatic carbocycles. The number of hydrogen-bond acceptors (Lipinski definition) is 5. The number of rotatable bonds is 8. The number of benzene rings is 2. The third kappa shape index (κ3) is 5.89. The summed E-state index contributed by atoms with van der Waals surface area (Å²) in [6, 6.07) is 15.5. The molecule has 1 amide bonds. The topological polar surface area (TPSA) is 68.3 Å². The number of carbonyl (C=O) groups is 2. The molecular weight excluding hydrogens is 360 g/mol. The molecule has 0 aliphatic carbocycles. The minimum absolute atomic E-state index is 0.259. The number of aryl methyl sites for hydroxylation is 2. The average molecular weight is 382 g/mol. The van der Waals surface area contributed by atoms with Crippen molar-refractivity contribution in [2.24, 2.45) is 0 Å². The van der Waals surface area contributed by atoms with Crippen LogP contribution in [-0.2, 0) is 20.7 Å². The Balaban J connectivity index is 1.33. The maximum Gasteiger partial charge on any atom is 0.306 e. The Kier molecular flexibility index (Phi) is 6.54. The number of carbonyl (C=O) groups excluding carboxylic acids is 2. The minimum Gasteiger partial charge on any atom is -0.456 e. The van der Waals surface area contributed by atoms with Crippen LogP contribution >= 0.6 is 11.3 Å². The third-order valence-corrected chi connectivity index (χ3v) is 5.12. The van der Waals surface area contributed by atoms with Crippen LogP contribution in [-0.4, -0.2) is 23.5 Å². The molecule has 1 aromatic heterocycles. The molecule has 27 heavy (non-hydrogen) atoms. The Labute approximate surface area is 162 Å². The number of thiazole rings is 1. The lowest BCUT2D eigenvalue weighted by molar-refractivity contribution is -0.147. The highest BCUT2D eigenvalue weighted by atomic mass is 32.1. The molecule has 0 radical (unpaired) electrons. The van der Waals surface area contributed by atoms with Gasteiger partial charge < -0.3 is 10.1 Å². The molecule has 0 atom stereocenters. The van der Waals surface area contributed by atoms with E-state index < -0.39 is 0 Å². The lowest BCUT2D eigenvalue weighted by Gasteiger charge is -2.07. The van der Waals surface area contributed by atoms with Gasteiger partial charge >= 0.3 is 5.97 Å². The molecule has 0 unspecified atom stereocenters. The van der Waals surface area contributed by atoms with Crippen LogP contribution in [0.25, 0.3) is 10.2 Å². The summed E-state index contributed by atoms with van der Waals surface area (Å²) in [6.45, 7) is 1.69. The van der Waals surface area contributed by atoms with E-state index in [2.05, 4.69) is 16.4 Å². The monoisotopic (exact) mass is 382 g/mol. The van der Waals surface area contributed by atoms with Gasteiger partial charge in [-0.25, -0.2) is 4.98 Å². The molecule has 0 aliphatic rings. The van der Waals surface area contributed by atoms with Gasteiger partial charge in [0.1, 0.15) is 0 Å². The number of nitrogens with one attached hydrogen (secondary N) is 1. The maximum absolute atomic E-state index is 11.8. The summed E-state index contributed by atoms with van der Waals surface area (Å²) in [5, 5.41) is 3.80. The number of para-hydroxylation sites is 1. The van der Waals surface area contributed by atoms with Crippen molar-refractivity contribution >= 4 is 39.1 Å². The second-order valence-electron chi connectivity index (χ2n) is 6.36. The summed E-state index contributed by atoms with van der Waals surface area (Å²) in [6.07, 6.45) is 2.74. The first-order valence-electron chi connectivity index (χ1n) is 8.97. The van der Waals surface area contributed by atoms with E-state index >= 15 is 0 Å². The second kappa shape index (κ2) is 9.28. The van der Waals surface area contributed by atoms with Gasteiger partial charge in [0.25, 0.3) is 5.91 Å². The van der Waals surface area contributed by atoms with Crippen molar-refractivity contribution in [2.75, 3.05) is 11.9 Å². The molecule has 3 rings (SSSR count). The smallest absolute Gasteiger partial charge is 0.306 e. The highest BCUT2D eigenvalue weighted by molar-refractivity contribution is 7.18. The minimum atomic E-state index is -0.348. The molecule has 3 aromatic rings. The molecule has 0 aliphatic heterocycles. The molecule has 6 heteroatoms. The molecule has 1 N–H and O–H groups in total. The van der Waals surface area contributed by atoms with Crippen LogP contribution in [0.5, 0.6) is 0 Å². The van der Waals surface area contributed by atoms with Crippen LogP contribution in [0.3, 0.4) is 0 Å². The number of amides is 1. The standard InChI is InChI=1S/C21H22N2O3S/c1-15-7-6-8-16(13-15)22-19(24)14-26-21(25)12-5-4-11-20-23-17-9-2-3-10-18(17)27-20/h2-3,6-10,13H,4-5,11-12,14H2,1H3,(H,22,24). The first-order valence-corrected chi connectivity index (χ1v) is 9.78. The van der Waals surface area contributed by atoms with Crippen molar-refractivity contribution in [1.29, 1.82) is 0 Å². The van der Waals surface area contributed by atoms with Crippen molar-refractivity contribution in [3.63, 3.8) is 0 Å². The van der Waals surface area contributed by atoms with E-state index in [9.17, 15) is 9.59 Å². The highest BCUT2D eigenvalue weighted by Gasteiger charge is 2.09. The van der Waals surface area contributed by atoms with Crippen molar-refractivity contribution < 1.29 is 14.3 Å². The zero-order valence-corrected chi connectivity index (χ0v) is 16.1. The molecule has 0 saturated heterocycles. The molecule has 0 spiro atoms. The average Bonchev–Trinajstić information content (AvgIpc) is 3.06. The molecule has 140 valence electrons. The van der Waals surface area contributed by atoms with E-state index in [0.717, 1.165) is 28.9 Å². The molecular formula is C21H22N2O3S. The third-order valence-electron chi connectivity index (χ3n) is 4.03. The SMILES string of the molecule is Cc1cccc(NC(=O)COC(=O)CCCCc2nc3ccccc3s2)c1. The van der Waals surface area contributed by atoms with Gasteiger partial charge in [-0.3, -0.25) is 9.59 Å². The number of nitrogens with zero attached hydrogens (tertiary/aromatic N) is 1. The normalized spacial score (nSPS) is 10.7. The van der Waals surface area contributed by atoms with Crippen LogP contribution < -0.4 is 5.32 Å². The summed E-state index contributed by atoms with van der Waals surface area (Å²) >= 11 is 1.69. The Morgan fingerprint density at radius 3 is 2.78 bits per heavy atom. The van der Waals surface area contributed by atoms with Gasteiger partial charge in [-0.2, -0.15) is 0 Å². The van der Waals surface area contributed by atoms with Gasteiger partial charge in [-0.05, 0) is 56.0 Å². The van der Waals surface area contributed by atoms with E-state index in [1.807, 2.05) is 43.3 Å². The number of fused-ring (bicyclic) bond motifs is 1. The lowest BCUT2D eigenvalue weighted by atomic mass is 10.2. The number of anilines is 1. The number of ether oxygens (including phenoxy) is 1. The summed E-state index contributed by atoms with van der Waals surface area (Å²) in [5.41, 5.74) is 2.78. The molecule has 1 heterocycles. The van der Waals surface area contributed by atoms with Gasteiger partial charge in [-0.15, -0.1) is 11.3 Å². The summed E-state index contributed by atoms with van der Waals surface area (Å²) in [7, 11) is 0. The summed E-state index contributed by atoms with van der Waals surface area (Å²) in [5.74, 6) is -0.679. The van der Waals surface area contributed by atoms with E-state index in [4.69, 9.17) is 4.74 Å². The van der Waals surface area contributed by atoms with Gasteiger partial charge in [0, 0.05) is 12.1 Å². The van der Waals surface area contributed by atoms with Crippen LogP contribution in [0.1, 0.15) is 29.8 Å². The quantitative estimate of drug-likeness (QED) is 0.460. The van der Waals surface area contributed by atoms with Crippen LogP contribution in [0.15, 0.2) is 48.5 Å². The maximum atomic E-state index is 11.8. The Hall–Kier alpha value is -2.73. The van der Waals surface area contributed by atoms with E-state index in [1.165, 1.54) is 4.70 Å². The summed E-state index contributed by atoms with van der Waals surface area (Å²) < 4.78 is 6.23. The van der Waals surface area contributed by atoms with Crippen molar-refractivity contribution in [2.45, 2.75) is 32.6 Å². The summed E-state index contributed by atoms with van der Waals surface area (Å²) in [4.78, 5) is 28.2. The predicted molar refractivity (Wildman–Crippen MR) is 108 cm³/mol. The molecule has 0 bridgehead atoms. The highest BCUT2D eigenvalue weighted by Crippen LogP contribution is 2.22. The fourth-order valence-electron chi connectivity index (χ4n) is 2.71. The van der Waals surface area contributed by atoms with Crippen LogP contribution in [0, 0.1) is 6.92 Å². The number of unbranched alkanes of at least 4 members (excludes halogenated alkanes) is 1. The zero-order valence-electron chi connectivity index (χ0n) is 15.2. The van der Waals surface area contributed by atoms with Crippen molar-refractivity contribution in [1.82, 2.24) is 4.98 Å².